The molecule has 0 aliphatic rings. The molecule has 1 nitrogen and oxygen atoms in total. The smallest absolute Gasteiger partial charge is 0.119 e. The van der Waals surface area contributed by atoms with Crippen molar-refractivity contribution in [3.8, 4) is 5.75 Å². The maximum atomic E-state index is 5.77. The van der Waals surface area contributed by atoms with Gasteiger partial charge in [0.15, 0.2) is 0 Å². The standard InChI is InChI=1S/C16H26OS/c1-4-14(3)15-5-7-16(8-6-15)17-11-9-13(2)10-12-18/h5-8,13-14,18H,4,9-12H2,1-3H3. The quantitative estimate of drug-likeness (QED) is 0.657. The fourth-order valence-corrected chi connectivity index (χ4v) is 2.31. The Morgan fingerprint density at radius 2 is 1.78 bits per heavy atom. The number of benzene rings is 1. The summed E-state index contributed by atoms with van der Waals surface area (Å²) in [6.07, 6.45) is 3.45. The topological polar surface area (TPSA) is 9.23 Å². The molecule has 0 saturated heterocycles. The Morgan fingerprint density at radius 1 is 1.11 bits per heavy atom. The van der Waals surface area contributed by atoms with Gasteiger partial charge in [-0.3, -0.25) is 0 Å². The first-order valence-electron chi connectivity index (χ1n) is 7.01. The van der Waals surface area contributed by atoms with Gasteiger partial charge in [0.25, 0.3) is 0 Å². The van der Waals surface area contributed by atoms with E-state index in [1.807, 2.05) is 0 Å². The van der Waals surface area contributed by atoms with Gasteiger partial charge in [-0.05, 0) is 54.5 Å². The number of ether oxygens (including phenoxy) is 1. The minimum absolute atomic E-state index is 0.634. The number of hydrogen-bond donors (Lipinski definition) is 1. The van der Waals surface area contributed by atoms with Gasteiger partial charge in [0.1, 0.15) is 5.75 Å². The van der Waals surface area contributed by atoms with Crippen LogP contribution in [0, 0.1) is 5.92 Å². The molecule has 18 heavy (non-hydrogen) atoms. The summed E-state index contributed by atoms with van der Waals surface area (Å²) in [7, 11) is 0. The summed E-state index contributed by atoms with van der Waals surface area (Å²) in [4.78, 5) is 0. The van der Waals surface area contributed by atoms with E-state index in [0.29, 0.717) is 11.8 Å². The monoisotopic (exact) mass is 266 g/mol. The molecule has 0 radical (unpaired) electrons. The SMILES string of the molecule is CCC(C)c1ccc(OCCC(C)CCS)cc1. The number of rotatable bonds is 8. The molecule has 0 aliphatic carbocycles. The van der Waals surface area contributed by atoms with E-state index < -0.39 is 0 Å². The van der Waals surface area contributed by atoms with Crippen LogP contribution < -0.4 is 4.74 Å². The van der Waals surface area contributed by atoms with Crippen LogP contribution in [0.4, 0.5) is 0 Å². The first kappa shape index (κ1) is 15.4. The zero-order valence-electron chi connectivity index (χ0n) is 11.9. The molecule has 0 amide bonds. The van der Waals surface area contributed by atoms with Gasteiger partial charge in [0, 0.05) is 0 Å². The number of thiol groups is 1. The summed E-state index contributed by atoms with van der Waals surface area (Å²) in [6.45, 7) is 7.54. The van der Waals surface area contributed by atoms with Gasteiger partial charge in [-0.2, -0.15) is 12.6 Å². The summed E-state index contributed by atoms with van der Waals surface area (Å²) in [5, 5.41) is 0. The fraction of sp³-hybridized carbons (Fsp3) is 0.625. The lowest BCUT2D eigenvalue weighted by molar-refractivity contribution is 0.282. The number of hydrogen-bond acceptors (Lipinski definition) is 2. The van der Waals surface area contributed by atoms with Crippen LogP contribution in [0.3, 0.4) is 0 Å². The van der Waals surface area contributed by atoms with Crippen LogP contribution in [-0.4, -0.2) is 12.4 Å². The van der Waals surface area contributed by atoms with Crippen LogP contribution in [0.2, 0.25) is 0 Å². The Morgan fingerprint density at radius 3 is 2.33 bits per heavy atom. The molecule has 0 aliphatic heterocycles. The molecule has 0 saturated carbocycles. The molecular weight excluding hydrogens is 240 g/mol. The van der Waals surface area contributed by atoms with E-state index >= 15 is 0 Å². The summed E-state index contributed by atoms with van der Waals surface area (Å²) in [6, 6.07) is 8.54. The molecule has 0 aromatic heterocycles. The van der Waals surface area contributed by atoms with Crippen molar-refractivity contribution >= 4 is 12.6 Å². The van der Waals surface area contributed by atoms with Crippen molar-refractivity contribution < 1.29 is 4.74 Å². The maximum Gasteiger partial charge on any atom is 0.119 e. The first-order valence-corrected chi connectivity index (χ1v) is 7.64. The van der Waals surface area contributed by atoms with E-state index in [2.05, 4.69) is 57.7 Å². The Labute approximate surface area is 117 Å². The van der Waals surface area contributed by atoms with Gasteiger partial charge in [-0.25, -0.2) is 0 Å². The highest BCUT2D eigenvalue weighted by molar-refractivity contribution is 7.80. The van der Waals surface area contributed by atoms with Crippen LogP contribution in [0.5, 0.6) is 5.75 Å². The van der Waals surface area contributed by atoms with Crippen LogP contribution in [0.25, 0.3) is 0 Å². The minimum Gasteiger partial charge on any atom is -0.494 e. The van der Waals surface area contributed by atoms with Crippen LogP contribution in [0.15, 0.2) is 24.3 Å². The molecule has 2 heteroatoms. The van der Waals surface area contributed by atoms with Gasteiger partial charge in [-0.1, -0.05) is 32.9 Å². The second-order valence-corrected chi connectivity index (χ2v) is 5.58. The third-order valence-electron chi connectivity index (χ3n) is 3.56. The van der Waals surface area contributed by atoms with E-state index in [1.54, 1.807) is 0 Å². The largest absolute Gasteiger partial charge is 0.494 e. The zero-order chi connectivity index (χ0) is 13.4. The molecule has 0 heterocycles. The molecule has 0 fully saturated rings. The molecule has 1 aromatic carbocycles. The highest BCUT2D eigenvalue weighted by Gasteiger charge is 2.04. The van der Waals surface area contributed by atoms with E-state index in [-0.39, 0.29) is 0 Å². The predicted octanol–water partition coefficient (Wildman–Crippen LogP) is 4.93. The van der Waals surface area contributed by atoms with E-state index in [1.165, 1.54) is 18.4 Å². The molecule has 102 valence electrons. The van der Waals surface area contributed by atoms with Crippen molar-refractivity contribution in [1.29, 1.82) is 0 Å². The van der Waals surface area contributed by atoms with Crippen molar-refractivity contribution in [1.82, 2.24) is 0 Å². The molecule has 2 atom stereocenters. The van der Waals surface area contributed by atoms with Crippen molar-refractivity contribution in [2.75, 3.05) is 12.4 Å². The lowest BCUT2D eigenvalue weighted by atomic mass is 9.99. The Balaban J connectivity index is 2.35. The molecular formula is C16H26OS. The molecule has 2 unspecified atom stereocenters. The van der Waals surface area contributed by atoms with Gasteiger partial charge < -0.3 is 4.74 Å². The first-order chi connectivity index (χ1) is 8.67. The zero-order valence-corrected chi connectivity index (χ0v) is 12.7. The summed E-state index contributed by atoms with van der Waals surface area (Å²) < 4.78 is 5.77. The Kier molecular flexibility index (Phi) is 7.26. The summed E-state index contributed by atoms with van der Waals surface area (Å²) in [5.41, 5.74) is 1.40. The normalized spacial score (nSPS) is 14.2. The third-order valence-corrected chi connectivity index (χ3v) is 3.82. The lowest BCUT2D eigenvalue weighted by Crippen LogP contribution is -2.04. The Hall–Kier alpha value is -0.630. The third kappa shape index (κ3) is 5.34. The lowest BCUT2D eigenvalue weighted by Gasteiger charge is -2.12. The maximum absolute atomic E-state index is 5.77. The van der Waals surface area contributed by atoms with Crippen molar-refractivity contribution in [3.05, 3.63) is 29.8 Å². The van der Waals surface area contributed by atoms with Crippen LogP contribution in [0.1, 0.15) is 51.5 Å². The van der Waals surface area contributed by atoms with Crippen molar-refractivity contribution in [3.63, 3.8) is 0 Å². The minimum atomic E-state index is 0.634. The van der Waals surface area contributed by atoms with Gasteiger partial charge in [0.2, 0.25) is 0 Å². The summed E-state index contributed by atoms with van der Waals surface area (Å²) >= 11 is 4.25. The van der Waals surface area contributed by atoms with Crippen LogP contribution >= 0.6 is 12.6 Å². The van der Waals surface area contributed by atoms with E-state index in [9.17, 15) is 0 Å². The molecule has 1 aromatic rings. The second kappa shape index (κ2) is 8.47. The van der Waals surface area contributed by atoms with Gasteiger partial charge >= 0.3 is 0 Å². The fourth-order valence-electron chi connectivity index (χ4n) is 1.87. The highest BCUT2D eigenvalue weighted by atomic mass is 32.1. The molecule has 1 rings (SSSR count). The van der Waals surface area contributed by atoms with Crippen LogP contribution in [-0.2, 0) is 0 Å². The second-order valence-electron chi connectivity index (χ2n) is 5.13. The Bertz CT molecular complexity index is 320. The molecule has 0 spiro atoms. The van der Waals surface area contributed by atoms with Gasteiger partial charge in [0.05, 0.1) is 6.61 Å². The molecule has 0 N–H and O–H groups in total. The average Bonchev–Trinajstić information content (AvgIpc) is 2.39. The molecule has 0 bridgehead atoms. The van der Waals surface area contributed by atoms with Crippen molar-refractivity contribution in [2.24, 2.45) is 5.92 Å². The van der Waals surface area contributed by atoms with Crippen molar-refractivity contribution in [2.45, 2.75) is 46.0 Å². The highest BCUT2D eigenvalue weighted by Crippen LogP contribution is 2.21. The van der Waals surface area contributed by atoms with E-state index in [0.717, 1.165) is 24.5 Å². The summed E-state index contributed by atoms with van der Waals surface area (Å²) in [5.74, 6) is 3.28. The van der Waals surface area contributed by atoms with Gasteiger partial charge in [-0.15, -0.1) is 0 Å². The van der Waals surface area contributed by atoms with E-state index in [4.69, 9.17) is 4.74 Å². The average molecular weight is 266 g/mol. The predicted molar refractivity (Wildman–Crippen MR) is 82.9 cm³/mol.